The Labute approximate surface area is 142 Å². The molecule has 0 bridgehead atoms. The van der Waals surface area contributed by atoms with E-state index in [0.29, 0.717) is 29.7 Å². The third-order valence-corrected chi connectivity index (χ3v) is 5.53. The van der Waals surface area contributed by atoms with E-state index < -0.39 is 36.3 Å². The SMILES string of the molecule is C=C1C(=O)O[C@H]2[C@H]1[C@@H](OCC(C)C)[C@H](O)C(=C)[C@@H]1C[C@H](O)C(=C)[C@H]21. The monoisotopic (exact) mass is 334 g/mol. The molecule has 0 unspecified atom stereocenters. The van der Waals surface area contributed by atoms with Gasteiger partial charge in [-0.1, -0.05) is 33.6 Å². The molecule has 0 aromatic rings. The number of fused-ring (bicyclic) bond motifs is 3. The summed E-state index contributed by atoms with van der Waals surface area (Å²) < 4.78 is 11.6. The normalized spacial score (nSPS) is 42.1. The van der Waals surface area contributed by atoms with Crippen LogP contribution in [0.5, 0.6) is 0 Å². The van der Waals surface area contributed by atoms with Gasteiger partial charge in [0.15, 0.2) is 0 Å². The fourth-order valence-corrected chi connectivity index (χ4v) is 4.26. The molecule has 5 heteroatoms. The molecule has 5 nitrogen and oxygen atoms in total. The van der Waals surface area contributed by atoms with Gasteiger partial charge in [0.05, 0.1) is 18.1 Å². The Balaban J connectivity index is 2.01. The maximum atomic E-state index is 12.1. The van der Waals surface area contributed by atoms with E-state index >= 15 is 0 Å². The van der Waals surface area contributed by atoms with Crippen molar-refractivity contribution in [2.75, 3.05) is 6.61 Å². The molecule has 0 aromatic carbocycles. The number of aliphatic hydroxyl groups is 2. The van der Waals surface area contributed by atoms with Crippen molar-refractivity contribution in [1.82, 2.24) is 0 Å². The highest BCUT2D eigenvalue weighted by Gasteiger charge is 2.58. The number of carbonyl (C=O) groups excluding carboxylic acids is 1. The number of rotatable bonds is 3. The Morgan fingerprint density at radius 2 is 1.88 bits per heavy atom. The summed E-state index contributed by atoms with van der Waals surface area (Å²) in [5, 5.41) is 21.1. The van der Waals surface area contributed by atoms with E-state index in [1.54, 1.807) is 0 Å². The quantitative estimate of drug-likeness (QED) is 0.466. The topological polar surface area (TPSA) is 76.0 Å². The molecule has 24 heavy (non-hydrogen) atoms. The van der Waals surface area contributed by atoms with Crippen LogP contribution in [0.15, 0.2) is 36.5 Å². The van der Waals surface area contributed by atoms with Gasteiger partial charge in [0.2, 0.25) is 0 Å². The van der Waals surface area contributed by atoms with Crippen LogP contribution in [0.1, 0.15) is 20.3 Å². The molecule has 7 atom stereocenters. The van der Waals surface area contributed by atoms with Gasteiger partial charge in [-0.25, -0.2) is 4.79 Å². The number of esters is 1. The number of aliphatic hydroxyl groups excluding tert-OH is 2. The molecule has 0 radical (unpaired) electrons. The Kier molecular flexibility index (Phi) is 4.45. The maximum Gasteiger partial charge on any atom is 0.334 e. The number of hydrogen-bond donors (Lipinski definition) is 2. The van der Waals surface area contributed by atoms with Crippen LogP contribution in [0.3, 0.4) is 0 Å². The molecule has 3 rings (SSSR count). The highest BCUT2D eigenvalue weighted by molar-refractivity contribution is 5.91. The van der Waals surface area contributed by atoms with E-state index in [-0.39, 0.29) is 17.8 Å². The molecular formula is C19H26O5. The predicted molar refractivity (Wildman–Crippen MR) is 89.0 cm³/mol. The van der Waals surface area contributed by atoms with Gasteiger partial charge in [0.25, 0.3) is 0 Å². The second kappa shape index (κ2) is 6.14. The zero-order valence-electron chi connectivity index (χ0n) is 14.3. The van der Waals surface area contributed by atoms with E-state index in [2.05, 4.69) is 19.7 Å². The molecule has 0 amide bonds. The molecule has 3 fully saturated rings. The van der Waals surface area contributed by atoms with Gasteiger partial charge in [0.1, 0.15) is 12.2 Å². The van der Waals surface area contributed by atoms with Crippen molar-refractivity contribution in [1.29, 1.82) is 0 Å². The predicted octanol–water partition coefficient (Wildman–Crippen LogP) is 1.61. The first-order valence-electron chi connectivity index (χ1n) is 8.48. The molecule has 1 aliphatic heterocycles. The lowest BCUT2D eigenvalue weighted by Gasteiger charge is -2.30. The van der Waals surface area contributed by atoms with Crippen LogP contribution in [-0.4, -0.2) is 47.2 Å². The second-order valence-electron chi connectivity index (χ2n) is 7.59. The third-order valence-electron chi connectivity index (χ3n) is 5.53. The largest absolute Gasteiger partial charge is 0.458 e. The lowest BCUT2D eigenvalue weighted by Crippen LogP contribution is -2.41. The summed E-state index contributed by atoms with van der Waals surface area (Å²) in [4.78, 5) is 12.1. The summed E-state index contributed by atoms with van der Waals surface area (Å²) in [5.41, 5.74) is 1.57. The first-order chi connectivity index (χ1) is 11.2. The summed E-state index contributed by atoms with van der Waals surface area (Å²) in [7, 11) is 0. The summed E-state index contributed by atoms with van der Waals surface area (Å²) in [6, 6.07) is 0. The van der Waals surface area contributed by atoms with E-state index in [1.165, 1.54) is 0 Å². The molecule has 1 heterocycles. The highest BCUT2D eigenvalue weighted by Crippen LogP contribution is 2.52. The van der Waals surface area contributed by atoms with Gasteiger partial charge in [0, 0.05) is 18.1 Å². The molecule has 132 valence electrons. The van der Waals surface area contributed by atoms with Crippen LogP contribution < -0.4 is 0 Å². The molecule has 2 N–H and O–H groups in total. The Morgan fingerprint density at radius 1 is 1.21 bits per heavy atom. The Hall–Kier alpha value is -1.43. The molecule has 2 aliphatic carbocycles. The van der Waals surface area contributed by atoms with Crippen molar-refractivity contribution in [2.24, 2.45) is 23.7 Å². The van der Waals surface area contributed by atoms with Crippen molar-refractivity contribution < 1.29 is 24.5 Å². The first-order valence-corrected chi connectivity index (χ1v) is 8.48. The third kappa shape index (κ3) is 2.55. The molecular weight excluding hydrogens is 308 g/mol. The molecule has 1 saturated heterocycles. The van der Waals surface area contributed by atoms with Crippen molar-refractivity contribution in [3.8, 4) is 0 Å². The van der Waals surface area contributed by atoms with Crippen molar-refractivity contribution in [3.05, 3.63) is 36.5 Å². The van der Waals surface area contributed by atoms with E-state index in [9.17, 15) is 15.0 Å². The zero-order valence-corrected chi connectivity index (χ0v) is 14.3. The average Bonchev–Trinajstić information content (AvgIpc) is 2.94. The average molecular weight is 334 g/mol. The molecule has 0 aromatic heterocycles. The van der Waals surface area contributed by atoms with Gasteiger partial charge in [-0.3, -0.25) is 0 Å². The standard InChI is InChI=1S/C19H26O5/c1-8(2)7-23-18-15-11(5)19(22)24-17(15)14-10(4)13(20)6-12(14)9(3)16(18)21/h8,12-18,20-21H,3-7H2,1-2H3/t12-,13-,14-,15-,16+,17+,18+/m0/s1. The first kappa shape index (κ1) is 17.4. The zero-order chi connectivity index (χ0) is 17.8. The Morgan fingerprint density at radius 3 is 2.50 bits per heavy atom. The van der Waals surface area contributed by atoms with E-state index in [1.807, 2.05) is 13.8 Å². The van der Waals surface area contributed by atoms with Crippen LogP contribution in [0.2, 0.25) is 0 Å². The van der Waals surface area contributed by atoms with Crippen molar-refractivity contribution in [2.45, 2.75) is 44.7 Å². The summed E-state index contributed by atoms with van der Waals surface area (Å²) in [5.74, 6) is -1.07. The smallest absolute Gasteiger partial charge is 0.334 e. The number of hydrogen-bond acceptors (Lipinski definition) is 5. The summed E-state index contributed by atoms with van der Waals surface area (Å²) in [6.07, 6.45) is -2.32. The van der Waals surface area contributed by atoms with Gasteiger partial charge in [-0.05, 0) is 29.4 Å². The van der Waals surface area contributed by atoms with Crippen LogP contribution in [0.4, 0.5) is 0 Å². The van der Waals surface area contributed by atoms with Crippen LogP contribution >= 0.6 is 0 Å². The van der Waals surface area contributed by atoms with Gasteiger partial charge >= 0.3 is 5.97 Å². The second-order valence-corrected chi connectivity index (χ2v) is 7.59. The van der Waals surface area contributed by atoms with Crippen LogP contribution in [-0.2, 0) is 14.3 Å². The lowest BCUT2D eigenvalue weighted by atomic mass is 9.81. The number of carbonyl (C=O) groups is 1. The van der Waals surface area contributed by atoms with Crippen LogP contribution in [0, 0.1) is 23.7 Å². The lowest BCUT2D eigenvalue weighted by molar-refractivity contribution is -0.142. The van der Waals surface area contributed by atoms with Crippen molar-refractivity contribution >= 4 is 5.97 Å². The summed E-state index contributed by atoms with van der Waals surface area (Å²) >= 11 is 0. The minimum absolute atomic E-state index is 0.179. The molecule has 2 saturated carbocycles. The fraction of sp³-hybridized carbons (Fsp3) is 0.632. The maximum absolute atomic E-state index is 12.1. The van der Waals surface area contributed by atoms with E-state index in [0.717, 1.165) is 0 Å². The van der Waals surface area contributed by atoms with Crippen molar-refractivity contribution in [3.63, 3.8) is 0 Å². The fourth-order valence-electron chi connectivity index (χ4n) is 4.26. The minimum atomic E-state index is -0.935. The Bertz CT molecular complexity index is 593. The number of ether oxygens (including phenoxy) is 2. The van der Waals surface area contributed by atoms with Gasteiger partial charge in [-0.2, -0.15) is 0 Å². The van der Waals surface area contributed by atoms with E-state index in [4.69, 9.17) is 9.47 Å². The minimum Gasteiger partial charge on any atom is -0.458 e. The molecule has 3 aliphatic rings. The highest BCUT2D eigenvalue weighted by atomic mass is 16.6. The van der Waals surface area contributed by atoms with Gasteiger partial charge in [-0.15, -0.1) is 0 Å². The summed E-state index contributed by atoms with van der Waals surface area (Å²) in [6.45, 7) is 16.4. The van der Waals surface area contributed by atoms with Crippen LogP contribution in [0.25, 0.3) is 0 Å². The van der Waals surface area contributed by atoms with Gasteiger partial charge < -0.3 is 19.7 Å². The molecule has 0 spiro atoms.